The summed E-state index contributed by atoms with van der Waals surface area (Å²) in [5, 5.41) is 5.95. The van der Waals surface area contributed by atoms with E-state index < -0.39 is 34.4 Å². The number of halogens is 2. The fourth-order valence-electron chi connectivity index (χ4n) is 6.88. The molecule has 10 heteroatoms. The molecule has 234 valence electrons. The predicted octanol–water partition coefficient (Wildman–Crippen LogP) is 5.51. The number of carbonyl (C=O) groups excluding carboxylic acids is 4. The molecule has 2 amide bonds. The van der Waals surface area contributed by atoms with E-state index in [9.17, 15) is 19.2 Å². The number of alkyl halides is 2. The summed E-state index contributed by atoms with van der Waals surface area (Å²) in [6.07, 6.45) is 6.97. The van der Waals surface area contributed by atoms with E-state index in [-0.39, 0.29) is 46.4 Å². The topological polar surface area (TPSA) is 111 Å². The van der Waals surface area contributed by atoms with E-state index in [0.717, 1.165) is 38.5 Å². The molecule has 0 aromatic heterocycles. The molecule has 3 aliphatic rings. The van der Waals surface area contributed by atoms with Crippen molar-refractivity contribution < 1.29 is 28.7 Å². The largest absolute Gasteiger partial charge is 0.467 e. The molecule has 0 aromatic rings. The van der Waals surface area contributed by atoms with Gasteiger partial charge in [-0.2, -0.15) is 0 Å². The Morgan fingerprint density at radius 3 is 2.15 bits per heavy atom. The zero-order valence-electron chi connectivity index (χ0n) is 25.8. The van der Waals surface area contributed by atoms with Crippen molar-refractivity contribution in [2.75, 3.05) is 7.11 Å². The molecule has 2 N–H and O–H groups in total. The third kappa shape index (κ3) is 8.10. The highest BCUT2D eigenvalue weighted by molar-refractivity contribution is 6.23. The van der Waals surface area contributed by atoms with Crippen LogP contribution < -0.4 is 10.6 Å². The molecule has 0 aromatic carbocycles. The summed E-state index contributed by atoms with van der Waals surface area (Å²) in [6.45, 7) is 11.3. The summed E-state index contributed by atoms with van der Waals surface area (Å²) in [6, 6.07) is -0.706. The molecule has 8 nitrogen and oxygen atoms in total. The molecule has 0 bridgehead atoms. The third-order valence-corrected chi connectivity index (χ3v) is 10.9. The fourth-order valence-corrected chi connectivity index (χ4v) is 7.54. The number of rotatable bonds is 8. The standard InChI is InChI=1S/C31H50Cl2N2O6/c1-29(2,3)41-28(39)31(6)15-14-22(30(31,4)5)26(37)35-24(27(38)40-7)16-18-8-11-20(12-9-18)34-25(36)21-17-19(32)10-13-23(21)33/h18-24H,8-17H2,1-7H3,(H,34,36)(H,35,37)/t18?,19?,20?,21?,22-,23?,24+,31+/m1/s1. The Morgan fingerprint density at radius 1 is 0.927 bits per heavy atom. The Morgan fingerprint density at radius 2 is 1.56 bits per heavy atom. The first-order chi connectivity index (χ1) is 19.0. The fraction of sp³-hybridized carbons (Fsp3) is 0.871. The Hall–Kier alpha value is -1.54. The molecule has 3 unspecified atom stereocenters. The first-order valence-electron chi connectivity index (χ1n) is 15.2. The van der Waals surface area contributed by atoms with Gasteiger partial charge in [-0.3, -0.25) is 14.4 Å². The van der Waals surface area contributed by atoms with Crippen molar-refractivity contribution in [3.63, 3.8) is 0 Å². The van der Waals surface area contributed by atoms with Crippen LogP contribution in [0.25, 0.3) is 0 Å². The van der Waals surface area contributed by atoms with E-state index in [1.165, 1.54) is 7.11 Å². The monoisotopic (exact) mass is 616 g/mol. The molecule has 0 heterocycles. The molecular formula is C31H50Cl2N2O6. The van der Waals surface area contributed by atoms with Crippen molar-refractivity contribution in [1.82, 2.24) is 10.6 Å². The molecule has 3 saturated carbocycles. The average molecular weight is 618 g/mol. The Balaban J connectivity index is 1.57. The number of esters is 2. The van der Waals surface area contributed by atoms with Crippen LogP contribution in [0.15, 0.2) is 0 Å². The highest BCUT2D eigenvalue weighted by Crippen LogP contribution is 2.57. The number of amides is 2. The minimum absolute atomic E-state index is 0.0113. The minimum atomic E-state index is -0.822. The molecule has 0 spiro atoms. The molecule has 0 saturated heterocycles. The molecule has 41 heavy (non-hydrogen) atoms. The number of methoxy groups -OCH3 is 1. The lowest BCUT2D eigenvalue weighted by molar-refractivity contribution is -0.173. The summed E-state index contributed by atoms with van der Waals surface area (Å²) < 4.78 is 10.8. The van der Waals surface area contributed by atoms with Gasteiger partial charge in [0.1, 0.15) is 11.6 Å². The van der Waals surface area contributed by atoms with Crippen molar-refractivity contribution in [3.05, 3.63) is 0 Å². The molecule has 3 aliphatic carbocycles. The molecule has 0 aliphatic heterocycles. The Bertz CT molecular complexity index is 974. The zero-order chi connectivity index (χ0) is 30.8. The number of nitrogens with one attached hydrogen (secondary N) is 2. The van der Waals surface area contributed by atoms with E-state index in [0.29, 0.717) is 25.7 Å². The first kappa shape index (κ1) is 34.0. The van der Waals surface area contributed by atoms with Crippen LogP contribution in [-0.2, 0) is 28.7 Å². The summed E-state index contributed by atoms with van der Waals surface area (Å²) >= 11 is 12.7. The highest BCUT2D eigenvalue weighted by Gasteiger charge is 2.59. The summed E-state index contributed by atoms with van der Waals surface area (Å²) in [7, 11) is 1.33. The van der Waals surface area contributed by atoms with Crippen LogP contribution in [0.1, 0.15) is 106 Å². The van der Waals surface area contributed by atoms with Crippen LogP contribution in [0.4, 0.5) is 0 Å². The Labute approximate surface area is 255 Å². The van der Waals surface area contributed by atoms with Gasteiger partial charge in [0.15, 0.2) is 0 Å². The summed E-state index contributed by atoms with van der Waals surface area (Å²) in [5.74, 6) is -1.53. The number of hydrogen-bond donors (Lipinski definition) is 2. The Kier molecular flexibility index (Phi) is 11.1. The van der Waals surface area contributed by atoms with E-state index in [1.54, 1.807) is 0 Å². The normalized spacial score (nSPS) is 34.3. The summed E-state index contributed by atoms with van der Waals surface area (Å²) in [4.78, 5) is 52.3. The summed E-state index contributed by atoms with van der Waals surface area (Å²) in [5.41, 5.74) is -2.11. The van der Waals surface area contributed by atoms with Gasteiger partial charge in [0.05, 0.1) is 18.4 Å². The predicted molar refractivity (Wildman–Crippen MR) is 160 cm³/mol. The quantitative estimate of drug-likeness (QED) is 0.275. The maximum atomic E-state index is 13.6. The van der Waals surface area contributed by atoms with Gasteiger partial charge >= 0.3 is 11.9 Å². The number of hydrogen-bond acceptors (Lipinski definition) is 6. The average Bonchev–Trinajstić information content (AvgIpc) is 3.14. The second kappa shape index (κ2) is 13.4. The van der Waals surface area contributed by atoms with Crippen molar-refractivity contribution in [1.29, 1.82) is 0 Å². The van der Waals surface area contributed by atoms with Crippen molar-refractivity contribution in [2.45, 2.75) is 134 Å². The molecule has 0 radical (unpaired) electrons. The molecule has 3 rings (SSSR count). The van der Waals surface area contributed by atoms with Crippen molar-refractivity contribution in [3.8, 4) is 0 Å². The van der Waals surface area contributed by atoms with Crippen molar-refractivity contribution in [2.24, 2.45) is 28.6 Å². The molecular weight excluding hydrogens is 567 g/mol. The van der Waals surface area contributed by atoms with E-state index >= 15 is 0 Å². The lowest BCUT2D eigenvalue weighted by Crippen LogP contribution is -2.51. The van der Waals surface area contributed by atoms with Gasteiger partial charge in [0.25, 0.3) is 0 Å². The van der Waals surface area contributed by atoms with Gasteiger partial charge < -0.3 is 20.1 Å². The maximum absolute atomic E-state index is 13.6. The van der Waals surface area contributed by atoms with E-state index in [2.05, 4.69) is 10.6 Å². The SMILES string of the molecule is COC(=O)[C@H](CC1CCC(NC(=O)C2CC(Cl)CCC2Cl)CC1)NC(=O)[C@H]1CC[C@@](C)(C(=O)OC(C)(C)C)C1(C)C. The van der Waals surface area contributed by atoms with Gasteiger partial charge in [0, 0.05) is 22.7 Å². The van der Waals surface area contributed by atoms with E-state index in [4.69, 9.17) is 32.7 Å². The minimum Gasteiger partial charge on any atom is -0.467 e. The second-order valence-electron chi connectivity index (χ2n) is 14.2. The first-order valence-corrected chi connectivity index (χ1v) is 16.1. The van der Waals surface area contributed by atoms with Crippen LogP contribution in [0, 0.1) is 28.6 Å². The van der Waals surface area contributed by atoms with Gasteiger partial charge in [-0.25, -0.2) is 4.79 Å². The van der Waals surface area contributed by atoms with Crippen molar-refractivity contribution >= 4 is 47.0 Å². The van der Waals surface area contributed by atoms with E-state index in [1.807, 2.05) is 41.5 Å². The van der Waals surface area contributed by atoms with Crippen LogP contribution in [0.3, 0.4) is 0 Å². The van der Waals surface area contributed by atoms with Gasteiger partial charge in [-0.15, -0.1) is 23.2 Å². The number of carbonyl (C=O) groups is 4. The van der Waals surface area contributed by atoms with Gasteiger partial charge in [-0.1, -0.05) is 13.8 Å². The molecule has 6 atom stereocenters. The lowest BCUT2D eigenvalue weighted by atomic mass is 9.65. The smallest absolute Gasteiger partial charge is 0.328 e. The van der Waals surface area contributed by atoms with Crippen LogP contribution >= 0.6 is 23.2 Å². The zero-order valence-corrected chi connectivity index (χ0v) is 27.3. The van der Waals surface area contributed by atoms with Gasteiger partial charge in [0.2, 0.25) is 11.8 Å². The molecule has 3 fully saturated rings. The number of ether oxygens (including phenoxy) is 2. The highest BCUT2D eigenvalue weighted by atomic mass is 35.5. The van der Waals surface area contributed by atoms with Gasteiger partial charge in [-0.05, 0) is 103 Å². The maximum Gasteiger partial charge on any atom is 0.328 e. The van der Waals surface area contributed by atoms with Crippen LogP contribution in [0.5, 0.6) is 0 Å². The lowest BCUT2D eigenvalue weighted by Gasteiger charge is -2.40. The third-order valence-electron chi connectivity index (χ3n) is 10.00. The van der Waals surface area contributed by atoms with Crippen LogP contribution in [0.2, 0.25) is 0 Å². The second-order valence-corrected chi connectivity index (χ2v) is 15.4. The van der Waals surface area contributed by atoms with Crippen LogP contribution in [-0.4, -0.2) is 59.3 Å².